The van der Waals surface area contributed by atoms with E-state index in [0.29, 0.717) is 42.6 Å². The van der Waals surface area contributed by atoms with Gasteiger partial charge in [0.1, 0.15) is 0 Å². The molecule has 10 heteroatoms. The molecule has 3 N–H and O–H groups in total. The minimum atomic E-state index is -4.41. The molecule has 6 nitrogen and oxygen atoms in total. The van der Waals surface area contributed by atoms with E-state index in [1.807, 2.05) is 19.1 Å². The molecule has 0 radical (unpaired) electrons. The summed E-state index contributed by atoms with van der Waals surface area (Å²) >= 11 is 0.986. The van der Waals surface area contributed by atoms with Crippen LogP contribution in [0, 0.1) is 0 Å². The zero-order valence-corrected chi connectivity index (χ0v) is 17.1. The first-order chi connectivity index (χ1) is 13.8. The largest absolute Gasteiger partial charge is 0.434 e. The summed E-state index contributed by atoms with van der Waals surface area (Å²) in [4.78, 5) is 19.7. The Balaban J connectivity index is 1.82. The van der Waals surface area contributed by atoms with E-state index in [1.165, 1.54) is 0 Å². The number of aromatic nitrogens is 1. The number of carbonyl (C=O) groups excluding carboxylic acids is 1. The molecule has 29 heavy (non-hydrogen) atoms. The normalized spacial score (nSPS) is 12.0. The third-order valence-corrected chi connectivity index (χ3v) is 4.79. The van der Waals surface area contributed by atoms with Crippen molar-refractivity contribution in [3.05, 3.63) is 51.5 Å². The van der Waals surface area contributed by atoms with Crippen molar-refractivity contribution in [2.45, 2.75) is 32.5 Å². The van der Waals surface area contributed by atoms with Crippen molar-refractivity contribution < 1.29 is 18.0 Å². The maximum Gasteiger partial charge on any atom is 0.434 e. The SMILES string of the molecule is CCCNC(=O)c1cccc(CNC(=NC)NCCc2nc(C(F)(F)F)cs2)c1. The lowest BCUT2D eigenvalue weighted by atomic mass is 10.1. The Labute approximate surface area is 171 Å². The number of hydrogen-bond acceptors (Lipinski definition) is 4. The van der Waals surface area contributed by atoms with Gasteiger partial charge in [0.2, 0.25) is 0 Å². The van der Waals surface area contributed by atoms with Gasteiger partial charge in [0.05, 0.1) is 5.01 Å². The standard InChI is InChI=1S/C19H24F3N5OS/c1-3-8-24-17(28)14-6-4-5-13(10-14)11-26-18(23-2)25-9-7-16-27-15(12-29-16)19(20,21)22/h4-6,10,12H,3,7-9,11H2,1-2H3,(H,24,28)(H2,23,25,26). The average molecular weight is 427 g/mol. The number of nitrogens with one attached hydrogen (secondary N) is 3. The molecule has 0 fully saturated rings. The predicted molar refractivity (Wildman–Crippen MR) is 108 cm³/mol. The molecule has 0 bridgehead atoms. The summed E-state index contributed by atoms with van der Waals surface area (Å²) < 4.78 is 37.7. The molecule has 0 unspecified atom stereocenters. The topological polar surface area (TPSA) is 78.4 Å². The molecule has 2 rings (SSSR count). The summed E-state index contributed by atoms with van der Waals surface area (Å²) in [5.41, 5.74) is 0.639. The predicted octanol–water partition coefficient (Wildman–Crippen LogP) is 3.21. The van der Waals surface area contributed by atoms with Gasteiger partial charge in [-0.1, -0.05) is 19.1 Å². The second kappa shape index (κ2) is 10.8. The maximum atomic E-state index is 12.6. The van der Waals surface area contributed by atoms with Crippen molar-refractivity contribution in [1.29, 1.82) is 0 Å². The van der Waals surface area contributed by atoms with Crippen molar-refractivity contribution in [1.82, 2.24) is 20.9 Å². The van der Waals surface area contributed by atoms with Crippen LogP contribution < -0.4 is 16.0 Å². The van der Waals surface area contributed by atoms with Crippen LogP contribution in [0.1, 0.15) is 40.0 Å². The van der Waals surface area contributed by atoms with Gasteiger partial charge in [-0.25, -0.2) is 4.98 Å². The number of aliphatic imine (C=N–C) groups is 1. The van der Waals surface area contributed by atoms with Gasteiger partial charge in [0.25, 0.3) is 5.91 Å². The molecular formula is C19H24F3N5OS. The Morgan fingerprint density at radius 3 is 2.66 bits per heavy atom. The highest BCUT2D eigenvalue weighted by molar-refractivity contribution is 7.09. The highest BCUT2D eigenvalue weighted by Gasteiger charge is 2.33. The van der Waals surface area contributed by atoms with Gasteiger partial charge >= 0.3 is 6.18 Å². The van der Waals surface area contributed by atoms with Crippen molar-refractivity contribution >= 4 is 23.2 Å². The van der Waals surface area contributed by atoms with E-state index in [-0.39, 0.29) is 5.91 Å². The van der Waals surface area contributed by atoms with E-state index in [1.54, 1.807) is 19.2 Å². The molecule has 0 atom stereocenters. The lowest BCUT2D eigenvalue weighted by molar-refractivity contribution is -0.140. The fourth-order valence-electron chi connectivity index (χ4n) is 2.41. The summed E-state index contributed by atoms with van der Waals surface area (Å²) in [6, 6.07) is 7.27. The third-order valence-electron chi connectivity index (χ3n) is 3.88. The molecule has 0 spiro atoms. The molecule has 158 valence electrons. The Hall–Kier alpha value is -2.62. The second-order valence-electron chi connectivity index (χ2n) is 6.18. The number of guanidine groups is 1. The maximum absolute atomic E-state index is 12.6. The number of thiazole rings is 1. The molecule has 1 heterocycles. The highest BCUT2D eigenvalue weighted by atomic mass is 32.1. The van der Waals surface area contributed by atoms with Crippen LogP contribution in [0.2, 0.25) is 0 Å². The molecular weight excluding hydrogens is 403 g/mol. The van der Waals surface area contributed by atoms with Crippen LogP contribution in [-0.4, -0.2) is 37.0 Å². The molecule has 0 aliphatic carbocycles. The summed E-state index contributed by atoms with van der Waals surface area (Å²) in [7, 11) is 1.61. The van der Waals surface area contributed by atoms with E-state index in [4.69, 9.17) is 0 Å². The number of rotatable bonds is 8. The van der Waals surface area contributed by atoms with Crippen LogP contribution in [0.3, 0.4) is 0 Å². The summed E-state index contributed by atoms with van der Waals surface area (Å²) in [5, 5.41) is 10.4. The minimum absolute atomic E-state index is 0.113. The summed E-state index contributed by atoms with van der Waals surface area (Å²) in [5.74, 6) is 0.399. The molecule has 1 aromatic heterocycles. The minimum Gasteiger partial charge on any atom is -0.356 e. The van der Waals surface area contributed by atoms with Gasteiger partial charge in [0.15, 0.2) is 11.7 Å². The average Bonchev–Trinajstić information content (AvgIpc) is 3.18. The number of halogens is 3. The zero-order valence-electron chi connectivity index (χ0n) is 16.3. The van der Waals surface area contributed by atoms with Crippen LogP contribution >= 0.6 is 11.3 Å². The van der Waals surface area contributed by atoms with Crippen LogP contribution in [0.4, 0.5) is 13.2 Å². The third kappa shape index (κ3) is 7.37. The van der Waals surface area contributed by atoms with Crippen LogP contribution in [0.25, 0.3) is 0 Å². The molecule has 0 aliphatic heterocycles. The van der Waals surface area contributed by atoms with Crippen LogP contribution in [0.15, 0.2) is 34.6 Å². The summed E-state index contributed by atoms with van der Waals surface area (Å²) in [6.45, 7) is 3.46. The van der Waals surface area contributed by atoms with Crippen molar-refractivity contribution in [3.63, 3.8) is 0 Å². The first kappa shape index (κ1) is 22.7. The lowest BCUT2D eigenvalue weighted by Gasteiger charge is -2.12. The number of nitrogens with zero attached hydrogens (tertiary/aromatic N) is 2. The van der Waals surface area contributed by atoms with Gasteiger partial charge in [-0.05, 0) is 24.1 Å². The van der Waals surface area contributed by atoms with E-state index in [9.17, 15) is 18.0 Å². The molecule has 0 saturated carbocycles. The van der Waals surface area contributed by atoms with E-state index >= 15 is 0 Å². The quantitative estimate of drug-likeness (QED) is 0.447. The molecule has 1 aromatic carbocycles. The molecule has 0 saturated heterocycles. The van der Waals surface area contributed by atoms with Gasteiger partial charge in [-0.3, -0.25) is 9.79 Å². The molecule has 0 aliphatic rings. The molecule has 2 aromatic rings. The lowest BCUT2D eigenvalue weighted by Crippen LogP contribution is -2.37. The van der Waals surface area contributed by atoms with E-state index < -0.39 is 11.9 Å². The second-order valence-corrected chi connectivity index (χ2v) is 7.13. The van der Waals surface area contributed by atoms with Crippen molar-refractivity contribution in [2.24, 2.45) is 4.99 Å². The number of alkyl halides is 3. The Morgan fingerprint density at radius 1 is 1.21 bits per heavy atom. The molecule has 1 amide bonds. The van der Waals surface area contributed by atoms with E-state index in [2.05, 4.69) is 25.9 Å². The number of benzene rings is 1. The fraction of sp³-hybridized carbons (Fsp3) is 0.421. The van der Waals surface area contributed by atoms with Gasteiger partial charge in [-0.15, -0.1) is 11.3 Å². The van der Waals surface area contributed by atoms with Gasteiger partial charge < -0.3 is 16.0 Å². The van der Waals surface area contributed by atoms with Crippen molar-refractivity contribution in [2.75, 3.05) is 20.1 Å². The van der Waals surface area contributed by atoms with Gasteiger partial charge in [-0.2, -0.15) is 13.2 Å². The smallest absolute Gasteiger partial charge is 0.356 e. The number of carbonyl (C=O) groups is 1. The van der Waals surface area contributed by atoms with Crippen LogP contribution in [-0.2, 0) is 19.1 Å². The monoisotopic (exact) mass is 427 g/mol. The Kier molecular flexibility index (Phi) is 8.44. The first-order valence-electron chi connectivity index (χ1n) is 9.16. The highest BCUT2D eigenvalue weighted by Crippen LogP contribution is 2.29. The zero-order chi connectivity index (χ0) is 21.3. The number of amides is 1. The Bertz CT molecular complexity index is 835. The summed E-state index contributed by atoms with van der Waals surface area (Å²) in [6.07, 6.45) is -3.19. The first-order valence-corrected chi connectivity index (χ1v) is 10.0. The van der Waals surface area contributed by atoms with E-state index in [0.717, 1.165) is 28.7 Å². The van der Waals surface area contributed by atoms with Gasteiger partial charge in [0, 0.05) is 44.0 Å². The fourth-order valence-corrected chi connectivity index (χ4v) is 3.22. The Morgan fingerprint density at radius 2 is 2.00 bits per heavy atom. The van der Waals surface area contributed by atoms with Crippen molar-refractivity contribution in [3.8, 4) is 0 Å². The number of hydrogen-bond donors (Lipinski definition) is 3. The van der Waals surface area contributed by atoms with Crippen LogP contribution in [0.5, 0.6) is 0 Å².